The summed E-state index contributed by atoms with van der Waals surface area (Å²) in [6.45, 7) is 0. The molecule has 0 aliphatic heterocycles. The standard InChI is InChI=1S/C17H16NO3P/c19-17(16-12-7-13-18-16)22(20-14-8-3-1-4-9-14)21-15-10-5-2-6-11-15/h1-13,17-19H. The summed E-state index contributed by atoms with van der Waals surface area (Å²) in [4.78, 5) is 3.00. The third-order valence-electron chi connectivity index (χ3n) is 2.98. The second kappa shape index (κ2) is 7.12. The fourth-order valence-electron chi connectivity index (χ4n) is 1.91. The summed E-state index contributed by atoms with van der Waals surface area (Å²) in [5.41, 5.74) is 0.665. The van der Waals surface area contributed by atoms with Crippen molar-refractivity contribution < 1.29 is 14.2 Å². The van der Waals surface area contributed by atoms with E-state index in [9.17, 15) is 5.11 Å². The molecule has 0 saturated carbocycles. The molecular weight excluding hydrogens is 297 g/mol. The Bertz CT molecular complexity index is 632. The van der Waals surface area contributed by atoms with E-state index in [1.807, 2.05) is 72.8 Å². The van der Waals surface area contributed by atoms with Gasteiger partial charge in [-0.2, -0.15) is 0 Å². The molecule has 2 N–H and O–H groups in total. The smallest absolute Gasteiger partial charge is 0.328 e. The Labute approximate surface area is 130 Å². The maximum atomic E-state index is 10.5. The van der Waals surface area contributed by atoms with Gasteiger partial charge in [0.25, 0.3) is 0 Å². The van der Waals surface area contributed by atoms with Gasteiger partial charge in [-0.25, -0.2) is 0 Å². The Morgan fingerprint density at radius 3 is 1.77 bits per heavy atom. The van der Waals surface area contributed by atoms with Gasteiger partial charge in [-0.15, -0.1) is 0 Å². The Kier molecular flexibility index (Phi) is 4.74. The molecule has 0 bridgehead atoms. The van der Waals surface area contributed by atoms with Crippen LogP contribution in [0.3, 0.4) is 0 Å². The maximum absolute atomic E-state index is 10.5. The van der Waals surface area contributed by atoms with Crippen LogP contribution in [0.1, 0.15) is 11.5 Å². The van der Waals surface area contributed by atoms with Crippen molar-refractivity contribution >= 4 is 8.38 Å². The van der Waals surface area contributed by atoms with Gasteiger partial charge in [0.15, 0.2) is 5.85 Å². The second-order valence-corrected chi connectivity index (χ2v) is 6.02. The lowest BCUT2D eigenvalue weighted by Crippen LogP contribution is -2.06. The average molecular weight is 313 g/mol. The predicted molar refractivity (Wildman–Crippen MR) is 86.8 cm³/mol. The van der Waals surface area contributed by atoms with Gasteiger partial charge < -0.3 is 19.1 Å². The minimum Gasteiger partial charge on any atom is -0.437 e. The van der Waals surface area contributed by atoms with Crippen LogP contribution >= 0.6 is 8.38 Å². The zero-order chi connectivity index (χ0) is 15.2. The molecule has 0 aliphatic carbocycles. The van der Waals surface area contributed by atoms with Gasteiger partial charge in [-0.3, -0.25) is 0 Å². The second-order valence-electron chi connectivity index (χ2n) is 4.59. The highest BCUT2D eigenvalue weighted by Crippen LogP contribution is 2.50. The molecule has 1 atom stereocenters. The number of hydrogen-bond donors (Lipinski definition) is 2. The maximum Gasteiger partial charge on any atom is 0.328 e. The van der Waals surface area contributed by atoms with Crippen LogP contribution in [0.15, 0.2) is 79.0 Å². The van der Waals surface area contributed by atoms with Crippen molar-refractivity contribution in [1.29, 1.82) is 0 Å². The van der Waals surface area contributed by atoms with Crippen molar-refractivity contribution in [3.8, 4) is 11.5 Å². The van der Waals surface area contributed by atoms with Crippen LogP contribution in [0.5, 0.6) is 11.5 Å². The van der Waals surface area contributed by atoms with Crippen molar-refractivity contribution in [2.24, 2.45) is 0 Å². The van der Waals surface area contributed by atoms with E-state index >= 15 is 0 Å². The minimum absolute atomic E-state index is 0.662. The highest BCUT2D eigenvalue weighted by molar-refractivity contribution is 7.48. The summed E-state index contributed by atoms with van der Waals surface area (Å²) >= 11 is 0. The average Bonchev–Trinajstić information content (AvgIpc) is 3.10. The number of rotatable bonds is 6. The van der Waals surface area contributed by atoms with Crippen molar-refractivity contribution in [1.82, 2.24) is 4.98 Å². The number of aromatic amines is 1. The molecule has 2 aromatic carbocycles. The summed E-state index contributed by atoms with van der Waals surface area (Å²) in [7, 11) is -1.60. The molecule has 1 heterocycles. The van der Waals surface area contributed by atoms with Crippen LogP contribution < -0.4 is 9.05 Å². The van der Waals surface area contributed by atoms with E-state index in [0.717, 1.165) is 0 Å². The van der Waals surface area contributed by atoms with E-state index in [1.54, 1.807) is 6.20 Å². The number of benzene rings is 2. The fraction of sp³-hybridized carbons (Fsp3) is 0.0588. The fourth-order valence-corrected chi connectivity index (χ4v) is 3.19. The molecule has 0 fully saturated rings. The first kappa shape index (κ1) is 14.6. The molecule has 0 saturated heterocycles. The van der Waals surface area contributed by atoms with E-state index in [2.05, 4.69) is 4.98 Å². The van der Waals surface area contributed by atoms with Crippen LogP contribution in [0, 0.1) is 0 Å². The van der Waals surface area contributed by atoms with Gasteiger partial charge in [0.1, 0.15) is 11.5 Å². The molecule has 0 spiro atoms. The largest absolute Gasteiger partial charge is 0.437 e. The van der Waals surface area contributed by atoms with Crippen LogP contribution in [-0.4, -0.2) is 10.1 Å². The highest BCUT2D eigenvalue weighted by atomic mass is 31.2. The monoisotopic (exact) mass is 313 g/mol. The summed E-state index contributed by atoms with van der Waals surface area (Å²) in [5, 5.41) is 10.5. The number of nitrogens with one attached hydrogen (secondary N) is 1. The van der Waals surface area contributed by atoms with Gasteiger partial charge in [0.2, 0.25) is 0 Å². The molecule has 0 radical (unpaired) electrons. The molecule has 3 rings (SSSR count). The van der Waals surface area contributed by atoms with E-state index in [-0.39, 0.29) is 0 Å². The lowest BCUT2D eigenvalue weighted by molar-refractivity contribution is 0.233. The molecule has 4 nitrogen and oxygen atoms in total. The lowest BCUT2D eigenvalue weighted by Gasteiger charge is -2.22. The van der Waals surface area contributed by atoms with Gasteiger partial charge in [0.05, 0.1) is 5.69 Å². The number of hydrogen-bond acceptors (Lipinski definition) is 3. The molecule has 5 heteroatoms. The van der Waals surface area contributed by atoms with Crippen LogP contribution in [0.2, 0.25) is 0 Å². The van der Waals surface area contributed by atoms with Crippen LogP contribution in [-0.2, 0) is 0 Å². The molecule has 0 amide bonds. The molecule has 0 aliphatic rings. The number of para-hydroxylation sites is 2. The zero-order valence-corrected chi connectivity index (χ0v) is 12.7. The number of aliphatic hydroxyl groups excluding tert-OH is 1. The van der Waals surface area contributed by atoms with Gasteiger partial charge in [-0.1, -0.05) is 36.4 Å². The van der Waals surface area contributed by atoms with Gasteiger partial charge in [-0.05, 0) is 36.4 Å². The van der Waals surface area contributed by atoms with Crippen LogP contribution in [0.4, 0.5) is 0 Å². The van der Waals surface area contributed by atoms with E-state index in [1.165, 1.54) is 0 Å². The first-order valence-corrected chi connectivity index (χ1v) is 8.14. The number of aromatic nitrogens is 1. The van der Waals surface area contributed by atoms with Gasteiger partial charge in [0, 0.05) is 6.20 Å². The molecule has 1 aromatic heterocycles. The van der Waals surface area contributed by atoms with Crippen molar-refractivity contribution in [2.45, 2.75) is 5.85 Å². The summed E-state index contributed by atoms with van der Waals surface area (Å²) < 4.78 is 11.8. The number of aliphatic hydroxyl groups is 1. The summed E-state index contributed by atoms with van der Waals surface area (Å²) in [6.07, 6.45) is 1.76. The Morgan fingerprint density at radius 1 is 0.773 bits per heavy atom. The van der Waals surface area contributed by atoms with E-state index in [0.29, 0.717) is 17.2 Å². The Hall–Kier alpha value is -2.29. The van der Waals surface area contributed by atoms with Crippen molar-refractivity contribution in [3.05, 3.63) is 84.7 Å². The molecule has 3 aromatic rings. The third-order valence-corrected chi connectivity index (χ3v) is 4.44. The molecule has 112 valence electrons. The Balaban J connectivity index is 1.81. The molecule has 22 heavy (non-hydrogen) atoms. The zero-order valence-electron chi connectivity index (χ0n) is 11.8. The van der Waals surface area contributed by atoms with E-state index < -0.39 is 14.2 Å². The third kappa shape index (κ3) is 3.67. The molecule has 1 unspecified atom stereocenters. The van der Waals surface area contributed by atoms with E-state index in [4.69, 9.17) is 9.05 Å². The Morgan fingerprint density at radius 2 is 1.32 bits per heavy atom. The normalized spacial score (nSPS) is 12.1. The number of H-pyrrole nitrogens is 1. The summed E-state index contributed by atoms with van der Waals surface area (Å²) in [5.74, 6) is 0.454. The summed E-state index contributed by atoms with van der Waals surface area (Å²) in [6, 6.07) is 22.3. The van der Waals surface area contributed by atoms with Crippen molar-refractivity contribution in [3.63, 3.8) is 0 Å². The van der Waals surface area contributed by atoms with Crippen LogP contribution in [0.25, 0.3) is 0 Å². The first-order valence-electron chi connectivity index (χ1n) is 6.89. The SMILES string of the molecule is OC(c1ccc[nH]1)P(Oc1ccccc1)Oc1ccccc1. The lowest BCUT2D eigenvalue weighted by atomic mass is 10.3. The quantitative estimate of drug-likeness (QED) is 0.660. The first-order chi connectivity index (χ1) is 10.8. The topological polar surface area (TPSA) is 54.5 Å². The predicted octanol–water partition coefficient (Wildman–Crippen LogP) is 4.48. The highest BCUT2D eigenvalue weighted by Gasteiger charge is 2.28. The van der Waals surface area contributed by atoms with Gasteiger partial charge >= 0.3 is 8.38 Å². The van der Waals surface area contributed by atoms with Crippen molar-refractivity contribution in [2.75, 3.05) is 0 Å². The molecular formula is C17H16NO3P. The minimum atomic E-state index is -1.60.